The Labute approximate surface area is 130 Å². The first-order valence-electron chi connectivity index (χ1n) is 7.80. The highest BCUT2D eigenvalue weighted by atomic mass is 16.5. The first-order valence-corrected chi connectivity index (χ1v) is 7.80. The van der Waals surface area contributed by atoms with Gasteiger partial charge in [0.15, 0.2) is 5.76 Å². The number of carbonyl (C=O) groups is 1. The van der Waals surface area contributed by atoms with Gasteiger partial charge in [-0.25, -0.2) is 0 Å². The van der Waals surface area contributed by atoms with Crippen LogP contribution in [0.4, 0.5) is 0 Å². The van der Waals surface area contributed by atoms with Gasteiger partial charge in [-0.3, -0.25) is 9.48 Å². The van der Waals surface area contributed by atoms with Gasteiger partial charge in [-0.2, -0.15) is 5.10 Å². The van der Waals surface area contributed by atoms with E-state index in [2.05, 4.69) is 29.4 Å². The van der Waals surface area contributed by atoms with Crippen molar-refractivity contribution in [2.45, 2.75) is 59.5 Å². The van der Waals surface area contributed by atoms with Gasteiger partial charge in [0, 0.05) is 12.6 Å². The zero-order valence-corrected chi connectivity index (χ0v) is 13.9. The van der Waals surface area contributed by atoms with E-state index < -0.39 is 0 Å². The van der Waals surface area contributed by atoms with E-state index in [-0.39, 0.29) is 17.9 Å². The van der Waals surface area contributed by atoms with Crippen molar-refractivity contribution in [2.75, 3.05) is 0 Å². The predicted octanol–water partition coefficient (Wildman–Crippen LogP) is 3.07. The van der Waals surface area contributed by atoms with E-state index in [1.165, 1.54) is 0 Å². The summed E-state index contributed by atoms with van der Waals surface area (Å²) in [6.45, 7) is 10.7. The lowest BCUT2D eigenvalue weighted by Gasteiger charge is -2.11. The van der Waals surface area contributed by atoms with Crippen LogP contribution in [0, 0.1) is 0 Å². The van der Waals surface area contributed by atoms with Crippen molar-refractivity contribution in [3.63, 3.8) is 0 Å². The first-order chi connectivity index (χ1) is 10.5. The van der Waals surface area contributed by atoms with Crippen LogP contribution in [-0.4, -0.2) is 20.8 Å². The summed E-state index contributed by atoms with van der Waals surface area (Å²) >= 11 is 0. The molecule has 1 atom stereocenters. The van der Waals surface area contributed by atoms with E-state index >= 15 is 0 Å². The van der Waals surface area contributed by atoms with E-state index in [0.29, 0.717) is 18.0 Å². The highest BCUT2D eigenvalue weighted by Crippen LogP contribution is 2.17. The predicted molar refractivity (Wildman–Crippen MR) is 83.8 cm³/mol. The number of hydrogen-bond donors (Lipinski definition) is 1. The summed E-state index contributed by atoms with van der Waals surface area (Å²) in [4.78, 5) is 12.5. The van der Waals surface area contributed by atoms with Gasteiger partial charge in [-0.05, 0) is 32.3 Å². The number of rotatable bonds is 6. The fourth-order valence-electron chi connectivity index (χ4n) is 2.18. The average Bonchev–Trinajstić information content (AvgIpc) is 3.13. The number of nitrogens with one attached hydrogen (secondary N) is 1. The molecule has 0 saturated heterocycles. The fourth-order valence-corrected chi connectivity index (χ4v) is 2.18. The largest absolute Gasteiger partial charge is 0.359 e. The molecular formula is C16H24N4O2. The summed E-state index contributed by atoms with van der Waals surface area (Å²) in [7, 11) is 0. The molecule has 1 amide bonds. The number of nitrogens with zero attached hydrogens (tertiary/aromatic N) is 3. The topological polar surface area (TPSA) is 73.0 Å². The lowest BCUT2D eigenvalue weighted by atomic mass is 10.1. The Morgan fingerprint density at radius 1 is 1.32 bits per heavy atom. The molecule has 0 unspecified atom stereocenters. The minimum Gasteiger partial charge on any atom is -0.359 e. The molecule has 2 rings (SSSR count). The van der Waals surface area contributed by atoms with Crippen LogP contribution in [0.2, 0.25) is 0 Å². The molecule has 0 saturated carbocycles. The second-order valence-corrected chi connectivity index (χ2v) is 5.69. The van der Waals surface area contributed by atoms with Gasteiger partial charge in [0.25, 0.3) is 5.91 Å². The van der Waals surface area contributed by atoms with Crippen molar-refractivity contribution < 1.29 is 9.32 Å². The Morgan fingerprint density at radius 3 is 2.59 bits per heavy atom. The molecule has 0 fully saturated rings. The second kappa shape index (κ2) is 6.77. The zero-order valence-electron chi connectivity index (χ0n) is 13.9. The molecule has 0 bridgehead atoms. The van der Waals surface area contributed by atoms with Gasteiger partial charge < -0.3 is 9.84 Å². The zero-order chi connectivity index (χ0) is 16.3. The normalized spacial score (nSPS) is 12.6. The number of aryl methyl sites for hydroxylation is 2. The summed E-state index contributed by atoms with van der Waals surface area (Å²) in [6, 6.07) is 3.50. The smallest absolute Gasteiger partial charge is 0.270 e. The summed E-state index contributed by atoms with van der Waals surface area (Å²) in [5.74, 6) is 0.804. The van der Waals surface area contributed by atoms with Crippen LogP contribution in [0.15, 0.2) is 16.7 Å². The Balaban J connectivity index is 2.14. The van der Waals surface area contributed by atoms with E-state index in [9.17, 15) is 4.79 Å². The van der Waals surface area contributed by atoms with Crippen molar-refractivity contribution in [3.8, 4) is 0 Å². The van der Waals surface area contributed by atoms with Crippen LogP contribution in [0.5, 0.6) is 0 Å². The molecule has 2 aromatic heterocycles. The van der Waals surface area contributed by atoms with E-state index in [1.807, 2.05) is 32.9 Å². The Hall–Kier alpha value is -2.11. The molecule has 0 aliphatic carbocycles. The molecule has 0 aromatic carbocycles. The van der Waals surface area contributed by atoms with Crippen LogP contribution in [0.25, 0.3) is 0 Å². The van der Waals surface area contributed by atoms with Crippen molar-refractivity contribution in [3.05, 3.63) is 35.0 Å². The Morgan fingerprint density at radius 2 is 2.05 bits per heavy atom. The monoisotopic (exact) mass is 304 g/mol. The molecule has 1 N–H and O–H groups in total. The van der Waals surface area contributed by atoms with E-state index in [4.69, 9.17) is 4.52 Å². The van der Waals surface area contributed by atoms with Crippen molar-refractivity contribution in [2.24, 2.45) is 0 Å². The minimum absolute atomic E-state index is 0.150. The van der Waals surface area contributed by atoms with Crippen LogP contribution in [0.3, 0.4) is 0 Å². The Kier molecular flexibility index (Phi) is 5.00. The van der Waals surface area contributed by atoms with Crippen LogP contribution in [0.1, 0.15) is 74.2 Å². The highest BCUT2D eigenvalue weighted by Gasteiger charge is 2.20. The van der Waals surface area contributed by atoms with E-state index in [0.717, 1.165) is 17.8 Å². The van der Waals surface area contributed by atoms with Gasteiger partial charge in [-0.1, -0.05) is 25.9 Å². The molecule has 6 nitrogen and oxygen atoms in total. The maximum Gasteiger partial charge on any atom is 0.270 e. The van der Waals surface area contributed by atoms with Crippen LogP contribution >= 0.6 is 0 Å². The van der Waals surface area contributed by atoms with Gasteiger partial charge in [0.05, 0.1) is 17.4 Å². The van der Waals surface area contributed by atoms with Crippen molar-refractivity contribution in [1.82, 2.24) is 20.3 Å². The molecule has 0 spiro atoms. The van der Waals surface area contributed by atoms with E-state index in [1.54, 1.807) is 4.68 Å². The maximum atomic E-state index is 12.5. The highest BCUT2D eigenvalue weighted by molar-refractivity contribution is 5.92. The SMILES string of the molecule is CCc1cc([C@@H](C)NC(=O)c2cc(C(C)C)nn2CC)on1. The molecule has 6 heteroatoms. The van der Waals surface area contributed by atoms with Gasteiger partial charge in [-0.15, -0.1) is 0 Å². The third-order valence-corrected chi connectivity index (χ3v) is 3.64. The quantitative estimate of drug-likeness (QED) is 0.890. The number of amides is 1. The fraction of sp³-hybridized carbons (Fsp3) is 0.562. The molecule has 2 heterocycles. The average molecular weight is 304 g/mol. The van der Waals surface area contributed by atoms with Gasteiger partial charge in [0.1, 0.15) is 5.69 Å². The number of aromatic nitrogens is 3. The Bertz CT molecular complexity index is 642. The molecule has 2 aromatic rings. The van der Waals surface area contributed by atoms with Crippen LogP contribution in [-0.2, 0) is 13.0 Å². The summed E-state index contributed by atoms with van der Waals surface area (Å²) < 4.78 is 7.00. The molecule has 0 aliphatic rings. The summed E-state index contributed by atoms with van der Waals surface area (Å²) in [6.07, 6.45) is 0.810. The molecule has 22 heavy (non-hydrogen) atoms. The standard InChI is InChI=1S/C16H24N4O2/c1-6-12-8-15(22-19-12)11(5)17-16(21)14-9-13(10(3)4)18-20(14)7-2/h8-11H,6-7H2,1-5H3,(H,17,21)/t11-/m1/s1. The molecule has 0 aliphatic heterocycles. The van der Waals surface area contributed by atoms with Gasteiger partial charge >= 0.3 is 0 Å². The molecule has 120 valence electrons. The lowest BCUT2D eigenvalue weighted by Crippen LogP contribution is -2.28. The third kappa shape index (κ3) is 3.37. The number of carbonyl (C=O) groups excluding carboxylic acids is 1. The maximum absolute atomic E-state index is 12.5. The lowest BCUT2D eigenvalue weighted by molar-refractivity contribution is 0.0923. The van der Waals surface area contributed by atoms with Crippen molar-refractivity contribution >= 4 is 5.91 Å². The molecule has 0 radical (unpaired) electrons. The number of hydrogen-bond acceptors (Lipinski definition) is 4. The first kappa shape index (κ1) is 16.3. The third-order valence-electron chi connectivity index (χ3n) is 3.64. The van der Waals surface area contributed by atoms with Crippen LogP contribution < -0.4 is 5.32 Å². The second-order valence-electron chi connectivity index (χ2n) is 5.69. The molecular weight excluding hydrogens is 280 g/mol. The van der Waals surface area contributed by atoms with Crippen molar-refractivity contribution in [1.29, 1.82) is 0 Å². The summed E-state index contributed by atoms with van der Waals surface area (Å²) in [5.41, 5.74) is 2.39. The van der Waals surface area contributed by atoms with Gasteiger partial charge in [0.2, 0.25) is 0 Å². The minimum atomic E-state index is -0.233. The summed E-state index contributed by atoms with van der Waals surface area (Å²) in [5, 5.41) is 11.4.